The van der Waals surface area contributed by atoms with Gasteiger partial charge in [-0.3, -0.25) is 0 Å². The van der Waals surface area contributed by atoms with Gasteiger partial charge in [0.05, 0.1) is 15.9 Å². The van der Waals surface area contributed by atoms with Crippen LogP contribution < -0.4 is 0 Å². The van der Waals surface area contributed by atoms with Crippen molar-refractivity contribution in [3.05, 3.63) is 48.0 Å². The van der Waals surface area contributed by atoms with E-state index in [9.17, 15) is 8.42 Å². The smallest absolute Gasteiger partial charge is 0.175 e. The second-order valence-corrected chi connectivity index (χ2v) is 6.92. The maximum Gasteiger partial charge on any atom is 0.175 e. The molecule has 4 nitrogen and oxygen atoms in total. The first kappa shape index (κ1) is 12.9. The quantitative estimate of drug-likeness (QED) is 0.787. The molecule has 0 saturated carbocycles. The highest BCUT2D eigenvalue weighted by Crippen LogP contribution is 2.23. The van der Waals surface area contributed by atoms with Crippen LogP contribution in [0.25, 0.3) is 22.4 Å². The van der Waals surface area contributed by atoms with Crippen molar-refractivity contribution in [2.24, 2.45) is 0 Å². The number of H-pyrrole nitrogens is 1. The first-order valence-corrected chi connectivity index (χ1v) is 8.09. The molecule has 0 fully saturated rings. The number of nitrogens with one attached hydrogen (secondary N) is 1. The molecule has 3 rings (SSSR count). The third kappa shape index (κ3) is 2.32. The molecule has 0 bridgehead atoms. The zero-order valence-electron chi connectivity index (χ0n) is 11.2. The number of aryl methyl sites for hydroxylation is 1. The highest BCUT2D eigenvalue weighted by atomic mass is 32.2. The fraction of sp³-hybridized carbons (Fsp3) is 0.133. The Balaban J connectivity index is 2.16. The van der Waals surface area contributed by atoms with Crippen LogP contribution >= 0.6 is 0 Å². The number of benzene rings is 2. The Bertz CT molecular complexity index is 895. The summed E-state index contributed by atoms with van der Waals surface area (Å²) in [5, 5.41) is 0. The Morgan fingerprint density at radius 3 is 2.60 bits per heavy atom. The standard InChI is InChI=1S/C15H14N2O2S/c1-10-4-3-5-11(8-10)15-16-13-7-6-12(20(2,18)19)9-14(13)17-15/h3-9H,1-2H3,(H,16,17). The van der Waals surface area contributed by atoms with Crippen molar-refractivity contribution in [1.82, 2.24) is 9.97 Å². The predicted octanol–water partition coefficient (Wildman–Crippen LogP) is 2.94. The van der Waals surface area contributed by atoms with Gasteiger partial charge in [0.15, 0.2) is 9.84 Å². The second kappa shape index (κ2) is 4.45. The molecular weight excluding hydrogens is 272 g/mol. The van der Waals surface area contributed by atoms with Crippen molar-refractivity contribution in [3.8, 4) is 11.4 Å². The van der Waals surface area contributed by atoms with Crippen LogP contribution in [0.3, 0.4) is 0 Å². The maximum atomic E-state index is 11.6. The predicted molar refractivity (Wildman–Crippen MR) is 79.4 cm³/mol. The molecule has 0 aliphatic heterocycles. The van der Waals surface area contributed by atoms with Gasteiger partial charge < -0.3 is 4.98 Å². The van der Waals surface area contributed by atoms with E-state index < -0.39 is 9.84 Å². The van der Waals surface area contributed by atoms with Crippen LogP contribution in [-0.4, -0.2) is 24.6 Å². The minimum absolute atomic E-state index is 0.296. The lowest BCUT2D eigenvalue weighted by molar-refractivity contribution is 0.602. The molecule has 5 heteroatoms. The van der Waals surface area contributed by atoms with Crippen LogP contribution in [0.5, 0.6) is 0 Å². The molecule has 0 spiro atoms. The Morgan fingerprint density at radius 2 is 1.90 bits per heavy atom. The largest absolute Gasteiger partial charge is 0.338 e. The van der Waals surface area contributed by atoms with Crippen molar-refractivity contribution in [2.75, 3.05) is 6.26 Å². The normalized spacial score (nSPS) is 11.9. The van der Waals surface area contributed by atoms with Gasteiger partial charge in [-0.05, 0) is 31.2 Å². The Kier molecular flexibility index (Phi) is 2.87. The van der Waals surface area contributed by atoms with Gasteiger partial charge in [0.2, 0.25) is 0 Å². The number of rotatable bonds is 2. The number of nitrogens with zero attached hydrogens (tertiary/aromatic N) is 1. The molecule has 0 atom stereocenters. The second-order valence-electron chi connectivity index (χ2n) is 4.91. The molecule has 0 unspecified atom stereocenters. The zero-order valence-corrected chi connectivity index (χ0v) is 12.0. The fourth-order valence-electron chi connectivity index (χ4n) is 2.15. The lowest BCUT2D eigenvalue weighted by Crippen LogP contribution is -1.96. The summed E-state index contributed by atoms with van der Waals surface area (Å²) in [5.74, 6) is 0.745. The minimum atomic E-state index is -3.20. The maximum absolute atomic E-state index is 11.6. The van der Waals surface area contributed by atoms with Crippen LogP contribution in [0.2, 0.25) is 0 Å². The first-order chi connectivity index (χ1) is 9.43. The van der Waals surface area contributed by atoms with Gasteiger partial charge in [-0.1, -0.05) is 23.8 Å². The Hall–Kier alpha value is -2.14. The molecule has 1 heterocycles. The molecule has 1 N–H and O–H groups in total. The van der Waals surface area contributed by atoms with Crippen molar-refractivity contribution >= 4 is 20.9 Å². The summed E-state index contributed by atoms with van der Waals surface area (Å²) in [7, 11) is -3.20. The van der Waals surface area contributed by atoms with Gasteiger partial charge in [0.25, 0.3) is 0 Å². The van der Waals surface area contributed by atoms with Crippen molar-refractivity contribution < 1.29 is 8.42 Å². The molecule has 0 aliphatic carbocycles. The minimum Gasteiger partial charge on any atom is -0.338 e. The summed E-state index contributed by atoms with van der Waals surface area (Å²) < 4.78 is 23.1. The molecule has 1 aromatic heterocycles. The van der Waals surface area contributed by atoms with Crippen LogP contribution in [0.1, 0.15) is 5.56 Å². The third-order valence-electron chi connectivity index (χ3n) is 3.17. The molecule has 0 amide bonds. The van der Waals surface area contributed by atoms with Gasteiger partial charge in [0, 0.05) is 11.8 Å². The van der Waals surface area contributed by atoms with E-state index in [4.69, 9.17) is 0 Å². The topological polar surface area (TPSA) is 62.8 Å². The highest BCUT2D eigenvalue weighted by molar-refractivity contribution is 7.90. The molecule has 0 radical (unpaired) electrons. The molecule has 3 aromatic rings. The van der Waals surface area contributed by atoms with E-state index in [1.54, 1.807) is 18.2 Å². The third-order valence-corrected chi connectivity index (χ3v) is 4.28. The summed E-state index contributed by atoms with van der Waals surface area (Å²) in [4.78, 5) is 7.97. The lowest BCUT2D eigenvalue weighted by atomic mass is 10.1. The van der Waals surface area contributed by atoms with Gasteiger partial charge >= 0.3 is 0 Å². The average Bonchev–Trinajstić information content (AvgIpc) is 2.80. The summed E-state index contributed by atoms with van der Waals surface area (Å²) >= 11 is 0. The number of aromatic nitrogens is 2. The summed E-state index contributed by atoms with van der Waals surface area (Å²) in [5.41, 5.74) is 3.63. The summed E-state index contributed by atoms with van der Waals surface area (Å²) in [6, 6.07) is 12.9. The van der Waals surface area contributed by atoms with Crippen LogP contribution in [0.4, 0.5) is 0 Å². The van der Waals surface area contributed by atoms with Gasteiger partial charge in [-0.25, -0.2) is 13.4 Å². The molecule has 2 aromatic carbocycles. The fourth-order valence-corrected chi connectivity index (χ4v) is 2.80. The van der Waals surface area contributed by atoms with Gasteiger partial charge in [0.1, 0.15) is 5.82 Å². The average molecular weight is 286 g/mol. The van der Waals surface area contributed by atoms with E-state index in [0.29, 0.717) is 4.90 Å². The Labute approximate surface area is 117 Å². The summed E-state index contributed by atoms with van der Waals surface area (Å²) in [6.45, 7) is 2.02. The van der Waals surface area contributed by atoms with E-state index in [1.165, 1.54) is 6.26 Å². The van der Waals surface area contributed by atoms with Crippen LogP contribution in [0, 0.1) is 6.92 Å². The van der Waals surface area contributed by atoms with Crippen molar-refractivity contribution in [3.63, 3.8) is 0 Å². The first-order valence-electron chi connectivity index (χ1n) is 6.20. The number of hydrogen-bond donors (Lipinski definition) is 1. The van der Waals surface area contributed by atoms with Gasteiger partial charge in [-0.15, -0.1) is 0 Å². The number of hydrogen-bond acceptors (Lipinski definition) is 3. The number of fused-ring (bicyclic) bond motifs is 1. The highest BCUT2D eigenvalue weighted by Gasteiger charge is 2.10. The molecule has 0 saturated heterocycles. The van der Waals surface area contributed by atoms with Gasteiger partial charge in [-0.2, -0.15) is 0 Å². The molecule has 0 aliphatic rings. The van der Waals surface area contributed by atoms with E-state index in [-0.39, 0.29) is 0 Å². The van der Waals surface area contributed by atoms with Crippen LogP contribution in [-0.2, 0) is 9.84 Å². The summed E-state index contributed by atoms with van der Waals surface area (Å²) in [6.07, 6.45) is 1.20. The van der Waals surface area contributed by atoms with E-state index >= 15 is 0 Å². The zero-order chi connectivity index (χ0) is 14.3. The Morgan fingerprint density at radius 1 is 1.10 bits per heavy atom. The lowest BCUT2D eigenvalue weighted by Gasteiger charge is -1.97. The number of aromatic amines is 1. The molecular formula is C15H14N2O2S. The van der Waals surface area contributed by atoms with E-state index in [0.717, 1.165) is 28.0 Å². The number of imidazole rings is 1. The van der Waals surface area contributed by atoms with Crippen molar-refractivity contribution in [2.45, 2.75) is 11.8 Å². The van der Waals surface area contributed by atoms with Crippen molar-refractivity contribution in [1.29, 1.82) is 0 Å². The molecule has 102 valence electrons. The number of sulfone groups is 1. The van der Waals surface area contributed by atoms with E-state index in [1.807, 2.05) is 31.2 Å². The van der Waals surface area contributed by atoms with Crippen LogP contribution in [0.15, 0.2) is 47.4 Å². The van der Waals surface area contributed by atoms with E-state index in [2.05, 4.69) is 9.97 Å². The SMILES string of the molecule is Cc1cccc(-c2nc3ccc(S(C)(=O)=O)cc3[nH]2)c1. The monoisotopic (exact) mass is 286 g/mol. The molecule has 20 heavy (non-hydrogen) atoms.